The maximum atomic E-state index is 13.8. The standard InChI is InChI=1S/C20H32FN3O3S/c1-3-18-10-6-7-13-23(18)14-8-12-22-20(25)16-24(28(2,26)27)15-17-9-4-5-11-19(17)21/h4-5,9,11,18H,3,6-8,10,12-16H2,1-2H3,(H,22,25)/t18-/m0/s1. The summed E-state index contributed by atoms with van der Waals surface area (Å²) in [6, 6.07) is 6.62. The summed E-state index contributed by atoms with van der Waals surface area (Å²) in [6.07, 6.45) is 6.75. The highest BCUT2D eigenvalue weighted by Crippen LogP contribution is 2.19. The Bertz CT molecular complexity index is 742. The Labute approximate surface area is 168 Å². The normalized spacial score (nSPS) is 18.4. The SMILES string of the molecule is CC[C@H]1CCCCN1CCCNC(=O)CN(Cc1ccccc1F)S(C)(=O)=O. The molecule has 1 amide bonds. The molecule has 1 saturated heterocycles. The molecule has 1 aromatic carbocycles. The van der Waals surface area contributed by atoms with Crippen molar-refractivity contribution in [3.05, 3.63) is 35.6 Å². The van der Waals surface area contributed by atoms with Gasteiger partial charge in [0.1, 0.15) is 5.82 Å². The lowest BCUT2D eigenvalue weighted by Gasteiger charge is -2.35. The maximum Gasteiger partial charge on any atom is 0.235 e. The summed E-state index contributed by atoms with van der Waals surface area (Å²) in [4.78, 5) is 14.7. The molecule has 1 aliphatic rings. The third kappa shape index (κ3) is 7.14. The van der Waals surface area contributed by atoms with Crippen LogP contribution in [0.15, 0.2) is 24.3 Å². The average molecular weight is 414 g/mol. The van der Waals surface area contributed by atoms with Crippen LogP contribution < -0.4 is 5.32 Å². The third-order valence-electron chi connectivity index (χ3n) is 5.26. The summed E-state index contributed by atoms with van der Waals surface area (Å²) in [6.45, 7) is 4.28. The second kappa shape index (κ2) is 10.9. The number of carbonyl (C=O) groups excluding carboxylic acids is 1. The van der Waals surface area contributed by atoms with Crippen molar-refractivity contribution >= 4 is 15.9 Å². The van der Waals surface area contributed by atoms with E-state index in [2.05, 4.69) is 17.1 Å². The van der Waals surface area contributed by atoms with Gasteiger partial charge in [-0.2, -0.15) is 4.31 Å². The van der Waals surface area contributed by atoms with E-state index in [1.54, 1.807) is 12.1 Å². The first kappa shape index (κ1) is 22.8. The quantitative estimate of drug-likeness (QED) is 0.598. The monoisotopic (exact) mass is 413 g/mol. The van der Waals surface area contributed by atoms with E-state index >= 15 is 0 Å². The van der Waals surface area contributed by atoms with Crippen LogP contribution in [0.1, 0.15) is 44.6 Å². The molecule has 0 spiro atoms. The van der Waals surface area contributed by atoms with Crippen molar-refractivity contribution in [2.45, 2.75) is 51.6 Å². The van der Waals surface area contributed by atoms with E-state index in [1.807, 2.05) is 0 Å². The van der Waals surface area contributed by atoms with Crippen molar-refractivity contribution in [1.29, 1.82) is 0 Å². The molecular formula is C20H32FN3O3S. The Hall–Kier alpha value is -1.51. The van der Waals surface area contributed by atoms with Crippen LogP contribution in [0.4, 0.5) is 4.39 Å². The molecule has 6 nitrogen and oxygen atoms in total. The number of rotatable bonds is 10. The van der Waals surface area contributed by atoms with Gasteiger partial charge in [-0.1, -0.05) is 31.5 Å². The van der Waals surface area contributed by atoms with Crippen LogP contribution in [0.5, 0.6) is 0 Å². The van der Waals surface area contributed by atoms with Gasteiger partial charge in [0.25, 0.3) is 0 Å². The van der Waals surface area contributed by atoms with Crippen LogP contribution in [0.2, 0.25) is 0 Å². The molecule has 0 unspecified atom stereocenters. The lowest BCUT2D eigenvalue weighted by atomic mass is 10.00. The molecule has 28 heavy (non-hydrogen) atoms. The van der Waals surface area contributed by atoms with Gasteiger partial charge in [0.2, 0.25) is 15.9 Å². The number of nitrogens with one attached hydrogen (secondary N) is 1. The molecular weight excluding hydrogens is 381 g/mol. The van der Waals surface area contributed by atoms with Crippen LogP contribution in [-0.2, 0) is 21.4 Å². The minimum absolute atomic E-state index is 0.162. The lowest BCUT2D eigenvalue weighted by molar-refractivity contribution is -0.121. The number of likely N-dealkylation sites (tertiary alicyclic amines) is 1. The van der Waals surface area contributed by atoms with Gasteiger partial charge in [0, 0.05) is 31.2 Å². The first-order chi connectivity index (χ1) is 13.3. The summed E-state index contributed by atoms with van der Waals surface area (Å²) in [7, 11) is -3.64. The Morgan fingerprint density at radius 3 is 2.75 bits per heavy atom. The number of halogens is 1. The van der Waals surface area contributed by atoms with E-state index < -0.39 is 15.8 Å². The van der Waals surface area contributed by atoms with Crippen LogP contribution >= 0.6 is 0 Å². The summed E-state index contributed by atoms with van der Waals surface area (Å²) >= 11 is 0. The minimum Gasteiger partial charge on any atom is -0.355 e. The zero-order chi connectivity index (χ0) is 20.6. The second-order valence-corrected chi connectivity index (χ2v) is 9.40. The summed E-state index contributed by atoms with van der Waals surface area (Å²) in [5, 5.41) is 2.79. The molecule has 1 atom stereocenters. The van der Waals surface area contributed by atoms with Gasteiger partial charge in [-0.3, -0.25) is 4.79 Å². The fourth-order valence-electron chi connectivity index (χ4n) is 3.65. The topological polar surface area (TPSA) is 69.7 Å². The smallest absolute Gasteiger partial charge is 0.235 e. The van der Waals surface area contributed by atoms with Crippen LogP contribution in [0.25, 0.3) is 0 Å². The van der Waals surface area contributed by atoms with Crippen molar-refractivity contribution in [2.24, 2.45) is 0 Å². The number of piperidine rings is 1. The number of benzene rings is 1. The summed E-state index contributed by atoms with van der Waals surface area (Å²) in [5.74, 6) is -0.851. The van der Waals surface area contributed by atoms with Gasteiger partial charge in [-0.25, -0.2) is 12.8 Å². The largest absolute Gasteiger partial charge is 0.355 e. The van der Waals surface area contributed by atoms with Gasteiger partial charge >= 0.3 is 0 Å². The van der Waals surface area contributed by atoms with Crippen molar-refractivity contribution < 1.29 is 17.6 Å². The number of hydrogen-bond acceptors (Lipinski definition) is 4. The highest BCUT2D eigenvalue weighted by Gasteiger charge is 2.22. The highest BCUT2D eigenvalue weighted by molar-refractivity contribution is 7.88. The molecule has 0 saturated carbocycles. The molecule has 0 bridgehead atoms. The van der Waals surface area contributed by atoms with Crippen LogP contribution in [0, 0.1) is 5.82 Å². The predicted octanol–water partition coefficient (Wildman–Crippen LogP) is 2.36. The second-order valence-electron chi connectivity index (χ2n) is 7.42. The zero-order valence-corrected chi connectivity index (χ0v) is 17.7. The van der Waals surface area contributed by atoms with Crippen molar-refractivity contribution in [3.8, 4) is 0 Å². The molecule has 158 valence electrons. The van der Waals surface area contributed by atoms with Crippen LogP contribution in [0.3, 0.4) is 0 Å². The minimum atomic E-state index is -3.64. The zero-order valence-electron chi connectivity index (χ0n) is 16.9. The fraction of sp³-hybridized carbons (Fsp3) is 0.650. The average Bonchev–Trinajstić information content (AvgIpc) is 2.66. The predicted molar refractivity (Wildman–Crippen MR) is 109 cm³/mol. The number of amides is 1. The van der Waals surface area contributed by atoms with Crippen molar-refractivity contribution in [3.63, 3.8) is 0 Å². The number of sulfonamides is 1. The van der Waals surface area contributed by atoms with E-state index in [1.165, 1.54) is 31.4 Å². The Kier molecular flexibility index (Phi) is 8.85. The number of hydrogen-bond donors (Lipinski definition) is 1. The lowest BCUT2D eigenvalue weighted by Crippen LogP contribution is -2.42. The van der Waals surface area contributed by atoms with Gasteiger partial charge in [-0.15, -0.1) is 0 Å². The van der Waals surface area contributed by atoms with Crippen molar-refractivity contribution in [1.82, 2.24) is 14.5 Å². The highest BCUT2D eigenvalue weighted by atomic mass is 32.2. The summed E-state index contributed by atoms with van der Waals surface area (Å²) in [5.41, 5.74) is 0.247. The molecule has 2 rings (SSSR count). The first-order valence-corrected chi connectivity index (χ1v) is 11.9. The van der Waals surface area contributed by atoms with Crippen LogP contribution in [-0.4, -0.2) is 62.0 Å². The van der Waals surface area contributed by atoms with E-state index in [0.29, 0.717) is 12.6 Å². The molecule has 0 radical (unpaired) electrons. The van der Waals surface area contributed by atoms with E-state index in [-0.39, 0.29) is 24.6 Å². The molecule has 1 fully saturated rings. The Morgan fingerprint density at radius 1 is 1.32 bits per heavy atom. The maximum absolute atomic E-state index is 13.8. The number of carbonyl (C=O) groups is 1. The Balaban J connectivity index is 1.81. The molecule has 1 aliphatic heterocycles. The molecule has 0 aliphatic carbocycles. The summed E-state index contributed by atoms with van der Waals surface area (Å²) < 4.78 is 38.8. The molecule has 1 N–H and O–H groups in total. The molecule has 1 aromatic rings. The van der Waals surface area contributed by atoms with E-state index in [4.69, 9.17) is 0 Å². The van der Waals surface area contributed by atoms with E-state index in [0.717, 1.165) is 36.5 Å². The van der Waals surface area contributed by atoms with Gasteiger partial charge < -0.3 is 10.2 Å². The fourth-order valence-corrected chi connectivity index (χ4v) is 4.38. The van der Waals surface area contributed by atoms with E-state index in [9.17, 15) is 17.6 Å². The van der Waals surface area contributed by atoms with Gasteiger partial charge in [0.15, 0.2) is 0 Å². The Morgan fingerprint density at radius 2 is 2.07 bits per heavy atom. The molecule has 1 heterocycles. The van der Waals surface area contributed by atoms with Gasteiger partial charge in [0.05, 0.1) is 12.8 Å². The molecule has 8 heteroatoms. The third-order valence-corrected chi connectivity index (χ3v) is 6.45. The van der Waals surface area contributed by atoms with Crippen molar-refractivity contribution in [2.75, 3.05) is 32.4 Å². The molecule has 0 aromatic heterocycles. The first-order valence-electron chi connectivity index (χ1n) is 10.0. The van der Waals surface area contributed by atoms with Gasteiger partial charge in [-0.05, 0) is 38.3 Å². The number of nitrogens with zero attached hydrogens (tertiary/aromatic N) is 2.